The molecule has 3 N–H and O–H groups in total. The van der Waals surface area contributed by atoms with Gasteiger partial charge in [-0.15, -0.1) is 0 Å². The van der Waals surface area contributed by atoms with Crippen molar-refractivity contribution in [3.05, 3.63) is 29.8 Å². The van der Waals surface area contributed by atoms with Gasteiger partial charge < -0.3 is 20.5 Å². The summed E-state index contributed by atoms with van der Waals surface area (Å²) in [6, 6.07) is 7.24. The van der Waals surface area contributed by atoms with Crippen molar-refractivity contribution < 1.29 is 19.4 Å². The maximum Gasteiger partial charge on any atom is 0.304 e. The first-order valence-corrected chi connectivity index (χ1v) is 6.82. The van der Waals surface area contributed by atoms with Crippen LogP contribution in [0.15, 0.2) is 24.3 Å². The van der Waals surface area contributed by atoms with Crippen LogP contribution in [0, 0.1) is 0 Å². The van der Waals surface area contributed by atoms with Gasteiger partial charge in [-0.2, -0.15) is 0 Å². The van der Waals surface area contributed by atoms with Gasteiger partial charge in [-0.3, -0.25) is 9.59 Å². The smallest absolute Gasteiger partial charge is 0.304 e. The average Bonchev–Trinajstić information content (AvgIpc) is 2.40. The lowest BCUT2D eigenvalue weighted by Crippen LogP contribution is -2.35. The highest BCUT2D eigenvalue weighted by Gasteiger charge is 2.13. The second-order valence-corrected chi connectivity index (χ2v) is 4.82. The molecule has 1 amide bonds. The third-order valence-corrected chi connectivity index (χ3v) is 2.92. The molecule has 1 atom stereocenters. The molecule has 0 aromatic heterocycles. The molecule has 1 unspecified atom stereocenters. The third kappa shape index (κ3) is 7.43. The van der Waals surface area contributed by atoms with Crippen molar-refractivity contribution in [2.24, 2.45) is 0 Å². The van der Waals surface area contributed by atoms with Crippen LogP contribution in [0.5, 0.6) is 0 Å². The molecule has 1 rings (SSSR count). The lowest BCUT2D eigenvalue weighted by molar-refractivity contribution is -0.137. The predicted molar refractivity (Wildman–Crippen MR) is 80.4 cm³/mol. The maximum absolute atomic E-state index is 10.9. The highest BCUT2D eigenvalue weighted by molar-refractivity contribution is 5.88. The van der Waals surface area contributed by atoms with Crippen molar-refractivity contribution in [3.8, 4) is 0 Å². The molecule has 0 bridgehead atoms. The van der Waals surface area contributed by atoms with Crippen LogP contribution < -0.4 is 10.6 Å². The molecule has 6 heteroatoms. The van der Waals surface area contributed by atoms with E-state index in [-0.39, 0.29) is 18.4 Å². The first-order chi connectivity index (χ1) is 10.0. The SMILES string of the molecule is COCCNC(CC(=O)O)Cc1ccc(NC(C)=O)cc1. The fourth-order valence-corrected chi connectivity index (χ4v) is 2.00. The Morgan fingerprint density at radius 3 is 2.48 bits per heavy atom. The number of rotatable bonds is 9. The lowest BCUT2D eigenvalue weighted by Gasteiger charge is -2.17. The number of amides is 1. The molecule has 0 fully saturated rings. The number of carboxylic acid groups (broad SMARTS) is 1. The molecule has 0 saturated carbocycles. The Bertz CT molecular complexity index is 459. The third-order valence-electron chi connectivity index (χ3n) is 2.92. The summed E-state index contributed by atoms with van der Waals surface area (Å²) in [6.07, 6.45) is 0.660. The fourth-order valence-electron chi connectivity index (χ4n) is 2.00. The molecule has 0 aliphatic heterocycles. The largest absolute Gasteiger partial charge is 0.481 e. The fraction of sp³-hybridized carbons (Fsp3) is 0.467. The molecule has 6 nitrogen and oxygen atoms in total. The van der Waals surface area contributed by atoms with E-state index in [0.29, 0.717) is 19.6 Å². The van der Waals surface area contributed by atoms with Gasteiger partial charge in [0, 0.05) is 32.3 Å². The van der Waals surface area contributed by atoms with Gasteiger partial charge in [0.15, 0.2) is 0 Å². The number of carbonyl (C=O) groups is 2. The van der Waals surface area contributed by atoms with Gasteiger partial charge in [-0.25, -0.2) is 0 Å². The van der Waals surface area contributed by atoms with Gasteiger partial charge in [0.1, 0.15) is 0 Å². The number of hydrogen-bond acceptors (Lipinski definition) is 4. The van der Waals surface area contributed by atoms with Gasteiger partial charge >= 0.3 is 5.97 Å². The van der Waals surface area contributed by atoms with Crippen molar-refractivity contribution in [3.63, 3.8) is 0 Å². The van der Waals surface area contributed by atoms with Gasteiger partial charge in [0.05, 0.1) is 13.0 Å². The van der Waals surface area contributed by atoms with E-state index in [4.69, 9.17) is 9.84 Å². The van der Waals surface area contributed by atoms with E-state index in [0.717, 1.165) is 11.3 Å². The molecule has 0 saturated heterocycles. The number of anilines is 1. The molecule has 0 radical (unpaired) electrons. The number of nitrogens with one attached hydrogen (secondary N) is 2. The number of carbonyl (C=O) groups excluding carboxylic acids is 1. The summed E-state index contributed by atoms with van der Waals surface area (Å²) in [4.78, 5) is 21.8. The number of benzene rings is 1. The molecule has 21 heavy (non-hydrogen) atoms. The van der Waals surface area contributed by atoms with Gasteiger partial charge in [0.2, 0.25) is 5.91 Å². The number of methoxy groups -OCH3 is 1. The normalized spacial score (nSPS) is 11.9. The van der Waals surface area contributed by atoms with E-state index in [1.807, 2.05) is 24.3 Å². The highest BCUT2D eigenvalue weighted by atomic mass is 16.5. The summed E-state index contributed by atoms with van der Waals surface area (Å²) in [6.45, 7) is 2.60. The first kappa shape index (κ1) is 17.1. The second kappa shape index (κ2) is 9.10. The Morgan fingerprint density at radius 1 is 1.29 bits per heavy atom. The van der Waals surface area contributed by atoms with Gasteiger partial charge in [-0.1, -0.05) is 12.1 Å². The van der Waals surface area contributed by atoms with E-state index < -0.39 is 5.97 Å². The van der Waals surface area contributed by atoms with Gasteiger partial charge in [-0.05, 0) is 24.1 Å². The zero-order chi connectivity index (χ0) is 15.7. The molecule has 1 aromatic rings. The number of aliphatic carboxylic acids is 1. The highest BCUT2D eigenvalue weighted by Crippen LogP contribution is 2.12. The van der Waals surface area contributed by atoms with Crippen molar-refractivity contribution in [1.82, 2.24) is 5.32 Å². The molecule has 0 aliphatic carbocycles. The molecule has 1 aromatic carbocycles. The number of hydrogen-bond donors (Lipinski definition) is 3. The quantitative estimate of drug-likeness (QED) is 0.597. The van der Waals surface area contributed by atoms with Crippen LogP contribution in [0.3, 0.4) is 0 Å². The first-order valence-electron chi connectivity index (χ1n) is 6.82. The topological polar surface area (TPSA) is 87.7 Å². The van der Waals surface area contributed by atoms with Crippen molar-refractivity contribution in [2.45, 2.75) is 25.8 Å². The van der Waals surface area contributed by atoms with Crippen LogP contribution in [-0.2, 0) is 20.7 Å². The van der Waals surface area contributed by atoms with E-state index in [1.165, 1.54) is 6.92 Å². The molecular formula is C15H22N2O4. The molecule has 0 aliphatic rings. The number of carboxylic acids is 1. The van der Waals surface area contributed by atoms with E-state index in [9.17, 15) is 9.59 Å². The Balaban J connectivity index is 2.59. The summed E-state index contributed by atoms with van der Waals surface area (Å²) < 4.78 is 4.95. The minimum atomic E-state index is -0.834. The van der Waals surface area contributed by atoms with Gasteiger partial charge in [0.25, 0.3) is 0 Å². The second-order valence-electron chi connectivity index (χ2n) is 4.82. The Hall–Kier alpha value is -1.92. The van der Waals surface area contributed by atoms with Crippen LogP contribution >= 0.6 is 0 Å². The Morgan fingerprint density at radius 2 is 1.95 bits per heavy atom. The summed E-state index contributed by atoms with van der Waals surface area (Å²) in [5.41, 5.74) is 1.74. The van der Waals surface area contributed by atoms with Crippen LogP contribution in [0.4, 0.5) is 5.69 Å². The zero-order valence-corrected chi connectivity index (χ0v) is 12.4. The van der Waals surface area contributed by atoms with Crippen LogP contribution in [0.1, 0.15) is 18.9 Å². The molecule has 0 spiro atoms. The monoisotopic (exact) mass is 294 g/mol. The average molecular weight is 294 g/mol. The predicted octanol–water partition coefficient (Wildman–Crippen LogP) is 1.27. The standard InChI is InChI=1S/C15H22N2O4/c1-11(18)17-13-5-3-12(4-6-13)9-14(10-15(19)20)16-7-8-21-2/h3-6,14,16H,7-10H2,1-2H3,(H,17,18)(H,19,20). The maximum atomic E-state index is 10.9. The molecular weight excluding hydrogens is 272 g/mol. The van der Waals surface area contributed by atoms with Crippen LogP contribution in [-0.4, -0.2) is 43.3 Å². The summed E-state index contributed by atoms with van der Waals surface area (Å²) >= 11 is 0. The van der Waals surface area contributed by atoms with E-state index >= 15 is 0 Å². The van der Waals surface area contributed by atoms with Crippen LogP contribution in [0.2, 0.25) is 0 Å². The van der Waals surface area contributed by atoms with E-state index in [1.54, 1.807) is 7.11 Å². The zero-order valence-electron chi connectivity index (χ0n) is 12.4. The summed E-state index contributed by atoms with van der Waals surface area (Å²) in [5, 5.41) is 14.8. The van der Waals surface area contributed by atoms with E-state index in [2.05, 4.69) is 10.6 Å². The Kier molecular flexibility index (Phi) is 7.42. The summed E-state index contributed by atoms with van der Waals surface area (Å²) in [5.74, 6) is -0.951. The van der Waals surface area contributed by atoms with Crippen molar-refractivity contribution >= 4 is 17.6 Å². The van der Waals surface area contributed by atoms with Crippen molar-refractivity contribution in [1.29, 1.82) is 0 Å². The number of ether oxygens (including phenoxy) is 1. The molecule has 116 valence electrons. The minimum Gasteiger partial charge on any atom is -0.481 e. The minimum absolute atomic E-state index is 0.0527. The summed E-state index contributed by atoms with van der Waals surface area (Å²) in [7, 11) is 1.61. The van der Waals surface area contributed by atoms with Crippen LogP contribution in [0.25, 0.3) is 0 Å². The Labute approximate surface area is 124 Å². The lowest BCUT2D eigenvalue weighted by atomic mass is 10.0. The molecule has 0 heterocycles. The van der Waals surface area contributed by atoms with Crippen molar-refractivity contribution in [2.75, 3.05) is 25.6 Å².